The van der Waals surface area contributed by atoms with E-state index in [9.17, 15) is 4.79 Å². The summed E-state index contributed by atoms with van der Waals surface area (Å²) in [6.07, 6.45) is 8.03. The molecule has 0 radical (unpaired) electrons. The van der Waals surface area contributed by atoms with E-state index in [1.807, 2.05) is 4.90 Å². The van der Waals surface area contributed by atoms with Crippen LogP contribution in [-0.4, -0.2) is 49.6 Å². The highest BCUT2D eigenvalue weighted by Crippen LogP contribution is 2.28. The lowest BCUT2D eigenvalue weighted by molar-refractivity contribution is -0.0952. The van der Waals surface area contributed by atoms with E-state index >= 15 is 0 Å². The fourth-order valence-electron chi connectivity index (χ4n) is 4.00. The molecule has 1 saturated carbocycles. The molecule has 5 nitrogen and oxygen atoms in total. The smallest absolute Gasteiger partial charge is 0.317 e. The van der Waals surface area contributed by atoms with Crippen LogP contribution in [0.5, 0.6) is 0 Å². The molecule has 2 heterocycles. The number of hydrogen-bond donors (Lipinski definition) is 1. The van der Waals surface area contributed by atoms with E-state index in [1.54, 1.807) is 0 Å². The summed E-state index contributed by atoms with van der Waals surface area (Å²) in [7, 11) is 0. The molecule has 0 unspecified atom stereocenters. The number of piperidine rings is 1. The van der Waals surface area contributed by atoms with Crippen molar-refractivity contribution >= 4 is 6.03 Å². The van der Waals surface area contributed by atoms with Crippen molar-refractivity contribution in [1.82, 2.24) is 10.2 Å². The van der Waals surface area contributed by atoms with Crippen LogP contribution in [0.15, 0.2) is 0 Å². The monoisotopic (exact) mass is 310 g/mol. The van der Waals surface area contributed by atoms with E-state index in [2.05, 4.69) is 12.2 Å². The maximum absolute atomic E-state index is 12.4. The Labute approximate surface area is 133 Å². The summed E-state index contributed by atoms with van der Waals surface area (Å²) in [5.74, 6) is 1.32. The van der Waals surface area contributed by atoms with Gasteiger partial charge >= 0.3 is 6.03 Å². The second kappa shape index (κ2) is 7.64. The number of amides is 2. The summed E-state index contributed by atoms with van der Waals surface area (Å²) in [4.78, 5) is 14.4. The Morgan fingerprint density at radius 2 is 1.68 bits per heavy atom. The number of carbonyl (C=O) groups excluding carboxylic acids is 1. The van der Waals surface area contributed by atoms with Crippen molar-refractivity contribution in [2.45, 2.75) is 64.2 Å². The van der Waals surface area contributed by atoms with Crippen molar-refractivity contribution in [3.05, 3.63) is 0 Å². The molecule has 1 N–H and O–H groups in total. The van der Waals surface area contributed by atoms with E-state index in [0.717, 1.165) is 44.7 Å². The predicted molar refractivity (Wildman–Crippen MR) is 84.6 cm³/mol. The fourth-order valence-corrected chi connectivity index (χ4v) is 4.00. The normalized spacial score (nSPS) is 31.4. The highest BCUT2D eigenvalue weighted by Gasteiger charge is 2.32. The number of hydrogen-bond acceptors (Lipinski definition) is 3. The first kappa shape index (κ1) is 16.1. The molecular formula is C17H30N2O3. The second-order valence-electron chi connectivity index (χ2n) is 7.01. The molecule has 0 aromatic rings. The molecule has 1 aliphatic carbocycles. The van der Waals surface area contributed by atoms with Gasteiger partial charge in [0.15, 0.2) is 6.29 Å². The number of urea groups is 1. The second-order valence-corrected chi connectivity index (χ2v) is 7.01. The lowest BCUT2D eigenvalue weighted by Gasteiger charge is -2.36. The summed E-state index contributed by atoms with van der Waals surface area (Å²) in [6.45, 7) is 5.34. The van der Waals surface area contributed by atoms with Gasteiger partial charge in [0.2, 0.25) is 0 Å². The van der Waals surface area contributed by atoms with Gasteiger partial charge in [-0.2, -0.15) is 0 Å². The standard InChI is InChI=1S/C17H30N2O3/c1-2-13-3-5-15(6-4-13)18-17(20)19-9-7-14(8-10-19)16-21-11-12-22-16/h13-16H,2-12H2,1H3,(H,18,20). The van der Waals surface area contributed by atoms with Crippen molar-refractivity contribution < 1.29 is 14.3 Å². The Hall–Kier alpha value is -0.810. The van der Waals surface area contributed by atoms with Crippen LogP contribution in [0.3, 0.4) is 0 Å². The SMILES string of the molecule is CCC1CCC(NC(=O)N2CCC(C3OCCO3)CC2)CC1. The quantitative estimate of drug-likeness (QED) is 0.872. The first-order valence-electron chi connectivity index (χ1n) is 9.05. The molecule has 0 spiro atoms. The molecule has 3 aliphatic rings. The summed E-state index contributed by atoms with van der Waals surface area (Å²) >= 11 is 0. The third-order valence-electron chi connectivity index (χ3n) is 5.61. The van der Waals surface area contributed by atoms with Crippen LogP contribution < -0.4 is 5.32 Å². The van der Waals surface area contributed by atoms with Crippen LogP contribution in [-0.2, 0) is 9.47 Å². The van der Waals surface area contributed by atoms with E-state index in [1.165, 1.54) is 19.3 Å². The van der Waals surface area contributed by atoms with Crippen molar-refractivity contribution in [3.63, 3.8) is 0 Å². The molecule has 0 aromatic heterocycles. The van der Waals surface area contributed by atoms with Gasteiger partial charge in [-0.1, -0.05) is 13.3 Å². The van der Waals surface area contributed by atoms with E-state index < -0.39 is 0 Å². The third-order valence-corrected chi connectivity index (χ3v) is 5.61. The van der Waals surface area contributed by atoms with Gasteiger partial charge < -0.3 is 19.7 Å². The average molecular weight is 310 g/mol. The number of nitrogens with one attached hydrogen (secondary N) is 1. The Balaban J connectivity index is 1.38. The first-order valence-corrected chi connectivity index (χ1v) is 9.05. The minimum absolute atomic E-state index is 0.0328. The highest BCUT2D eigenvalue weighted by atomic mass is 16.7. The van der Waals surface area contributed by atoms with E-state index in [0.29, 0.717) is 25.2 Å². The van der Waals surface area contributed by atoms with Crippen LogP contribution in [0.4, 0.5) is 4.79 Å². The van der Waals surface area contributed by atoms with E-state index in [-0.39, 0.29) is 12.3 Å². The summed E-state index contributed by atoms with van der Waals surface area (Å²) < 4.78 is 11.2. The molecule has 2 saturated heterocycles. The molecule has 126 valence electrons. The van der Waals surface area contributed by atoms with Crippen LogP contribution in [0.1, 0.15) is 51.9 Å². The minimum atomic E-state index is -0.0328. The molecule has 3 rings (SSSR count). The molecule has 2 amide bonds. The Morgan fingerprint density at radius 1 is 1.05 bits per heavy atom. The number of nitrogens with zero attached hydrogens (tertiary/aromatic N) is 1. The molecular weight excluding hydrogens is 280 g/mol. The van der Waals surface area contributed by atoms with Crippen LogP contribution in [0.2, 0.25) is 0 Å². The maximum atomic E-state index is 12.4. The first-order chi connectivity index (χ1) is 10.8. The largest absolute Gasteiger partial charge is 0.350 e. The van der Waals surface area contributed by atoms with Crippen molar-refractivity contribution in [3.8, 4) is 0 Å². The lowest BCUT2D eigenvalue weighted by atomic mass is 9.84. The molecule has 0 aromatic carbocycles. The number of carbonyl (C=O) groups is 1. The fraction of sp³-hybridized carbons (Fsp3) is 0.941. The molecule has 22 heavy (non-hydrogen) atoms. The van der Waals surface area contributed by atoms with E-state index in [4.69, 9.17) is 9.47 Å². The van der Waals surface area contributed by atoms with Crippen LogP contribution in [0.25, 0.3) is 0 Å². The topological polar surface area (TPSA) is 50.8 Å². The predicted octanol–water partition coefficient (Wildman–Crippen LogP) is 2.75. The molecule has 0 bridgehead atoms. The van der Waals surface area contributed by atoms with Gasteiger partial charge in [-0.25, -0.2) is 4.79 Å². The zero-order chi connectivity index (χ0) is 15.4. The van der Waals surface area contributed by atoms with Crippen molar-refractivity contribution in [2.24, 2.45) is 11.8 Å². The number of likely N-dealkylation sites (tertiary alicyclic amines) is 1. The molecule has 3 fully saturated rings. The van der Waals surface area contributed by atoms with Gasteiger partial charge in [0.1, 0.15) is 0 Å². The lowest BCUT2D eigenvalue weighted by Crippen LogP contribution is -2.49. The number of rotatable bonds is 3. The maximum Gasteiger partial charge on any atom is 0.317 e. The van der Waals surface area contributed by atoms with Crippen LogP contribution >= 0.6 is 0 Å². The van der Waals surface area contributed by atoms with Crippen molar-refractivity contribution in [1.29, 1.82) is 0 Å². The van der Waals surface area contributed by atoms with Gasteiger partial charge in [-0.3, -0.25) is 0 Å². The van der Waals surface area contributed by atoms with Gasteiger partial charge in [-0.15, -0.1) is 0 Å². The summed E-state index contributed by atoms with van der Waals surface area (Å²) in [6, 6.07) is 0.515. The Kier molecular flexibility index (Phi) is 5.58. The third kappa shape index (κ3) is 3.93. The Bertz CT molecular complexity index is 355. The number of ether oxygens (including phenoxy) is 2. The Morgan fingerprint density at radius 3 is 2.27 bits per heavy atom. The molecule has 0 atom stereocenters. The zero-order valence-corrected chi connectivity index (χ0v) is 13.8. The van der Waals surface area contributed by atoms with Gasteiger partial charge in [0.05, 0.1) is 13.2 Å². The minimum Gasteiger partial charge on any atom is -0.350 e. The average Bonchev–Trinajstić information content (AvgIpc) is 3.10. The van der Waals surface area contributed by atoms with Gasteiger partial charge in [0, 0.05) is 25.0 Å². The summed E-state index contributed by atoms with van der Waals surface area (Å²) in [5.41, 5.74) is 0. The van der Waals surface area contributed by atoms with Crippen molar-refractivity contribution in [2.75, 3.05) is 26.3 Å². The summed E-state index contributed by atoms with van der Waals surface area (Å²) in [5, 5.41) is 3.24. The molecule has 5 heteroatoms. The van der Waals surface area contributed by atoms with Crippen LogP contribution in [0, 0.1) is 11.8 Å². The molecule has 2 aliphatic heterocycles. The zero-order valence-electron chi connectivity index (χ0n) is 13.8. The van der Waals surface area contributed by atoms with Gasteiger partial charge in [0.25, 0.3) is 0 Å². The highest BCUT2D eigenvalue weighted by molar-refractivity contribution is 5.74. The van der Waals surface area contributed by atoms with Gasteiger partial charge in [-0.05, 0) is 44.4 Å².